The van der Waals surface area contributed by atoms with Gasteiger partial charge in [0.25, 0.3) is 21.9 Å². The number of carbonyl (C=O) groups is 2. The summed E-state index contributed by atoms with van der Waals surface area (Å²) in [4.78, 5) is 31.6. The molecule has 0 fully saturated rings. The third kappa shape index (κ3) is 9.53. The van der Waals surface area contributed by atoms with Crippen LogP contribution in [0.5, 0.6) is 23.0 Å². The van der Waals surface area contributed by atoms with Crippen molar-refractivity contribution in [1.82, 2.24) is 0 Å². The van der Waals surface area contributed by atoms with E-state index in [1.165, 1.54) is 24.1 Å². The van der Waals surface area contributed by atoms with Gasteiger partial charge in [-0.3, -0.25) is 14.1 Å². The van der Waals surface area contributed by atoms with Gasteiger partial charge >= 0.3 is 0 Å². The third-order valence-electron chi connectivity index (χ3n) is 12.3. The minimum atomic E-state index is -4.69. The lowest BCUT2D eigenvalue weighted by Crippen LogP contribution is -2.49. The molecular formula is C49H53N5O12S. The number of nitrogens with one attached hydrogen (secondary N) is 3. The summed E-state index contributed by atoms with van der Waals surface area (Å²) in [5.74, 6) is 0.782. The lowest BCUT2D eigenvalue weighted by molar-refractivity contribution is 0.0272. The minimum Gasteiger partial charge on any atom is -0.493 e. The van der Waals surface area contributed by atoms with Crippen LogP contribution in [0.25, 0.3) is 0 Å². The summed E-state index contributed by atoms with van der Waals surface area (Å²) in [6.45, 7) is 3.48. The molecule has 4 N–H and O–H groups in total. The molecule has 18 heteroatoms. The number of para-hydroxylation sites is 2. The number of hydrogen-bond acceptors (Lipinski definition) is 14. The summed E-state index contributed by atoms with van der Waals surface area (Å²) >= 11 is 0. The maximum Gasteiger partial charge on any atom is 0.288 e. The van der Waals surface area contributed by atoms with Gasteiger partial charge < -0.3 is 58.9 Å². The second kappa shape index (κ2) is 19.7. The fraction of sp³-hybridized carbons (Fsp3) is 0.347. The van der Waals surface area contributed by atoms with Crippen LogP contribution in [0.1, 0.15) is 43.0 Å². The molecule has 5 aromatic carbocycles. The average Bonchev–Trinajstić information content (AvgIpc) is 3.83. The summed E-state index contributed by atoms with van der Waals surface area (Å²) in [7, 11) is -0.0783. The van der Waals surface area contributed by atoms with Crippen molar-refractivity contribution in [2.24, 2.45) is 0 Å². The van der Waals surface area contributed by atoms with Crippen molar-refractivity contribution in [2.45, 2.75) is 43.5 Å². The van der Waals surface area contributed by atoms with E-state index in [4.69, 9.17) is 33.2 Å². The van der Waals surface area contributed by atoms with Crippen LogP contribution in [0.3, 0.4) is 0 Å². The number of carbonyl (C=O) groups excluding carboxylic acids is 2. The number of rotatable bonds is 19. The van der Waals surface area contributed by atoms with E-state index in [9.17, 15) is 22.6 Å². The molecule has 0 saturated heterocycles. The molecule has 3 atom stereocenters. The third-order valence-corrected chi connectivity index (χ3v) is 13.4. The molecule has 67 heavy (non-hydrogen) atoms. The van der Waals surface area contributed by atoms with E-state index in [0.29, 0.717) is 74.6 Å². The molecule has 0 saturated carbocycles. The molecular weight excluding hydrogens is 883 g/mol. The summed E-state index contributed by atoms with van der Waals surface area (Å²) in [6.07, 6.45) is 0.984. The summed E-state index contributed by atoms with van der Waals surface area (Å²) in [5, 5.41) is 8.34. The molecule has 0 aliphatic carbocycles. The van der Waals surface area contributed by atoms with Gasteiger partial charge in [0.2, 0.25) is 0 Å². The van der Waals surface area contributed by atoms with E-state index >= 15 is 0 Å². The molecule has 0 radical (unpaired) electrons. The van der Waals surface area contributed by atoms with Gasteiger partial charge in [-0.25, -0.2) is 0 Å². The second-order valence-corrected chi connectivity index (χ2v) is 18.1. The summed E-state index contributed by atoms with van der Waals surface area (Å²) in [6, 6.07) is 26.6. The first-order valence-electron chi connectivity index (χ1n) is 22.0. The van der Waals surface area contributed by atoms with Crippen LogP contribution in [-0.4, -0.2) is 110 Å². The molecule has 0 spiro atoms. The van der Waals surface area contributed by atoms with E-state index in [2.05, 4.69) is 22.0 Å². The Labute approximate surface area is 388 Å². The molecule has 0 aromatic heterocycles. The van der Waals surface area contributed by atoms with Crippen LogP contribution in [0.15, 0.2) is 91.0 Å². The Morgan fingerprint density at radius 2 is 1.24 bits per heavy atom. The second-order valence-electron chi connectivity index (χ2n) is 16.6. The van der Waals surface area contributed by atoms with E-state index < -0.39 is 27.4 Å². The standard InChI is InChI=1S/C49H53N5O12S/c1-60-14-15-64-17-16-63-13-12-50-34-19-30(28-65-45-25-38-36(23-43(45)61-2)48(55)53-35(27-51-38)21-32-8-4-6-10-40(32)53)18-31(20-34)29-66-46-26-39-37(24-44(46)62-3)49(56)54-41-11-7-5-9-33(41)22-42(54)47(52-39)67(57,58)59/h4-11,18-20,23-26,35,42,47,50-52H,12-17,21-22,27-29H2,1-3H3,(H,57,58,59)/t35-,42-,47?/m0/s1. The van der Waals surface area contributed by atoms with Crippen molar-refractivity contribution in [2.75, 3.05) is 93.2 Å². The molecule has 5 aromatic rings. The molecule has 2 amide bonds. The molecule has 4 heterocycles. The smallest absolute Gasteiger partial charge is 0.288 e. The normalized spacial score (nSPS) is 17.9. The highest BCUT2D eigenvalue weighted by atomic mass is 32.2. The zero-order valence-corrected chi connectivity index (χ0v) is 38.2. The largest absolute Gasteiger partial charge is 0.493 e. The van der Waals surface area contributed by atoms with Crippen LogP contribution >= 0.6 is 0 Å². The van der Waals surface area contributed by atoms with Gasteiger partial charge in [-0.2, -0.15) is 8.42 Å². The highest BCUT2D eigenvalue weighted by Gasteiger charge is 2.47. The van der Waals surface area contributed by atoms with Crippen molar-refractivity contribution in [1.29, 1.82) is 0 Å². The SMILES string of the molecule is COCCOCCOCCNc1cc(COc2cc3c(cc2OC)C(=O)N2c4ccccc4C[C@H]2CN3)cc(COc2cc3c(cc2OC)C(=O)N2c4ccccc4C[C@H]2C(S(=O)(=O)O)N3)c1. The van der Waals surface area contributed by atoms with Crippen molar-refractivity contribution >= 4 is 50.4 Å². The van der Waals surface area contributed by atoms with Gasteiger partial charge in [0, 0.05) is 49.4 Å². The molecule has 352 valence electrons. The van der Waals surface area contributed by atoms with E-state index in [0.717, 1.165) is 40.0 Å². The highest BCUT2D eigenvalue weighted by Crippen LogP contribution is 2.44. The van der Waals surface area contributed by atoms with Crippen LogP contribution in [-0.2, 0) is 50.4 Å². The Bertz CT molecular complexity index is 2770. The molecule has 17 nitrogen and oxygen atoms in total. The number of hydrogen-bond donors (Lipinski definition) is 4. The number of benzene rings is 5. The predicted molar refractivity (Wildman–Crippen MR) is 252 cm³/mol. The number of fused-ring (bicyclic) bond motifs is 8. The zero-order chi connectivity index (χ0) is 46.7. The van der Waals surface area contributed by atoms with Crippen LogP contribution in [0.2, 0.25) is 0 Å². The van der Waals surface area contributed by atoms with Gasteiger partial charge in [0.1, 0.15) is 13.2 Å². The predicted octanol–water partition coefficient (Wildman–Crippen LogP) is 6.16. The summed E-state index contributed by atoms with van der Waals surface area (Å²) < 4.78 is 76.9. The van der Waals surface area contributed by atoms with Gasteiger partial charge in [-0.05, 0) is 77.6 Å². The van der Waals surface area contributed by atoms with Crippen LogP contribution < -0.4 is 44.7 Å². The maximum atomic E-state index is 14.2. The number of methoxy groups -OCH3 is 3. The molecule has 9 rings (SSSR count). The Morgan fingerprint density at radius 3 is 1.88 bits per heavy atom. The number of ether oxygens (including phenoxy) is 7. The zero-order valence-electron chi connectivity index (χ0n) is 37.4. The first-order valence-corrected chi connectivity index (χ1v) is 23.6. The van der Waals surface area contributed by atoms with Gasteiger partial charge in [-0.15, -0.1) is 0 Å². The number of anilines is 5. The Kier molecular flexibility index (Phi) is 13.4. The van der Waals surface area contributed by atoms with Crippen molar-refractivity contribution < 1.29 is 55.7 Å². The minimum absolute atomic E-state index is 0.0276. The first-order chi connectivity index (χ1) is 32.5. The molecule has 0 bridgehead atoms. The Hall–Kier alpha value is -6.57. The van der Waals surface area contributed by atoms with Gasteiger partial charge in [0.05, 0.1) is 81.8 Å². The molecule has 4 aliphatic heterocycles. The molecule has 1 unspecified atom stereocenters. The first kappa shape index (κ1) is 45.6. The maximum absolute atomic E-state index is 14.2. The lowest BCUT2D eigenvalue weighted by Gasteiger charge is -2.27. The van der Waals surface area contributed by atoms with Crippen LogP contribution in [0, 0.1) is 0 Å². The van der Waals surface area contributed by atoms with Crippen molar-refractivity contribution in [3.05, 3.63) is 124 Å². The summed E-state index contributed by atoms with van der Waals surface area (Å²) in [5.41, 5.74) is 7.19. The van der Waals surface area contributed by atoms with Gasteiger partial charge in [-0.1, -0.05) is 36.4 Å². The molecule has 4 aliphatic rings. The lowest BCUT2D eigenvalue weighted by atomic mass is 10.1. The van der Waals surface area contributed by atoms with E-state index in [1.54, 1.807) is 32.4 Å². The van der Waals surface area contributed by atoms with E-state index in [-0.39, 0.29) is 54.3 Å². The quantitative estimate of drug-likeness (QED) is 0.0543. The average molecular weight is 936 g/mol. The van der Waals surface area contributed by atoms with Crippen molar-refractivity contribution in [3.63, 3.8) is 0 Å². The fourth-order valence-electron chi connectivity index (χ4n) is 9.19. The van der Waals surface area contributed by atoms with E-state index in [1.807, 2.05) is 59.5 Å². The monoisotopic (exact) mass is 935 g/mol. The van der Waals surface area contributed by atoms with Gasteiger partial charge in [0.15, 0.2) is 28.4 Å². The van der Waals surface area contributed by atoms with Crippen molar-refractivity contribution in [3.8, 4) is 23.0 Å². The number of amides is 2. The Balaban J connectivity index is 0.955. The highest BCUT2D eigenvalue weighted by molar-refractivity contribution is 7.86. The topological polar surface area (TPSA) is 196 Å². The van der Waals surface area contributed by atoms with Crippen LogP contribution in [0.4, 0.5) is 28.4 Å². The Morgan fingerprint density at radius 1 is 0.672 bits per heavy atom. The number of nitrogens with zero attached hydrogens (tertiary/aromatic N) is 2. The fourth-order valence-corrected chi connectivity index (χ4v) is 10.1.